The molecule has 1 heterocycles. The van der Waals surface area contributed by atoms with Crippen molar-refractivity contribution in [1.29, 1.82) is 0 Å². The fourth-order valence-corrected chi connectivity index (χ4v) is 2.73. The van der Waals surface area contributed by atoms with Crippen molar-refractivity contribution in [3.05, 3.63) is 82.5 Å². The van der Waals surface area contributed by atoms with Crippen LogP contribution in [0.1, 0.15) is 33.2 Å². The standard InChI is InChI=1S/C21H17ClN2O4/c1-2-28-21(27)17-10-13(19(26)16-11-14(22)8-9-18(16)25)12-23-20(17)24-15-6-4-3-5-7-15/h3-12,25H,2H2,1H3,(H,23,24). The lowest BCUT2D eigenvalue weighted by molar-refractivity contribution is 0.0527. The summed E-state index contributed by atoms with van der Waals surface area (Å²) in [7, 11) is 0. The number of aromatic nitrogens is 1. The van der Waals surface area contributed by atoms with Crippen molar-refractivity contribution in [2.45, 2.75) is 6.92 Å². The van der Waals surface area contributed by atoms with Crippen molar-refractivity contribution < 1.29 is 19.4 Å². The largest absolute Gasteiger partial charge is 0.507 e. The smallest absolute Gasteiger partial charge is 0.341 e. The molecule has 0 atom stereocenters. The summed E-state index contributed by atoms with van der Waals surface area (Å²) in [5.74, 6) is -1.07. The number of hydrogen-bond donors (Lipinski definition) is 2. The van der Waals surface area contributed by atoms with E-state index < -0.39 is 11.8 Å². The average Bonchev–Trinajstić information content (AvgIpc) is 2.70. The minimum atomic E-state index is -0.613. The number of phenols is 1. The van der Waals surface area contributed by atoms with Crippen LogP contribution in [0.25, 0.3) is 0 Å². The topological polar surface area (TPSA) is 88.5 Å². The summed E-state index contributed by atoms with van der Waals surface area (Å²) in [6.07, 6.45) is 1.33. The molecule has 2 N–H and O–H groups in total. The Morgan fingerprint density at radius 3 is 2.57 bits per heavy atom. The molecule has 28 heavy (non-hydrogen) atoms. The van der Waals surface area contributed by atoms with Crippen LogP contribution < -0.4 is 5.32 Å². The molecule has 3 rings (SSSR count). The number of rotatable bonds is 6. The van der Waals surface area contributed by atoms with Gasteiger partial charge in [0.15, 0.2) is 5.78 Å². The summed E-state index contributed by atoms with van der Waals surface area (Å²) in [4.78, 5) is 29.4. The van der Waals surface area contributed by atoms with Crippen molar-refractivity contribution in [1.82, 2.24) is 4.98 Å². The van der Waals surface area contributed by atoms with Crippen LogP contribution in [-0.2, 0) is 4.74 Å². The van der Waals surface area contributed by atoms with Crippen molar-refractivity contribution in [3.8, 4) is 5.75 Å². The van der Waals surface area contributed by atoms with E-state index in [9.17, 15) is 14.7 Å². The van der Waals surface area contributed by atoms with Crippen LogP contribution in [0.15, 0.2) is 60.8 Å². The van der Waals surface area contributed by atoms with E-state index in [1.165, 1.54) is 30.5 Å². The molecule has 0 bridgehead atoms. The average molecular weight is 397 g/mol. The predicted octanol–water partition coefficient (Wildman–Crippen LogP) is 4.59. The predicted molar refractivity (Wildman–Crippen MR) is 106 cm³/mol. The molecule has 142 valence electrons. The van der Waals surface area contributed by atoms with Crippen molar-refractivity contribution in [2.24, 2.45) is 0 Å². The zero-order chi connectivity index (χ0) is 20.1. The molecular weight excluding hydrogens is 380 g/mol. The van der Waals surface area contributed by atoms with E-state index >= 15 is 0 Å². The Hall–Kier alpha value is -3.38. The molecule has 0 radical (unpaired) electrons. The molecule has 0 aliphatic rings. The summed E-state index contributed by atoms with van der Waals surface area (Å²) >= 11 is 5.92. The third-order valence-electron chi connectivity index (χ3n) is 3.88. The van der Waals surface area contributed by atoms with Crippen molar-refractivity contribution in [3.63, 3.8) is 0 Å². The first kappa shape index (κ1) is 19.4. The van der Waals surface area contributed by atoms with Gasteiger partial charge in [0, 0.05) is 22.5 Å². The van der Waals surface area contributed by atoms with Crippen LogP contribution in [0.3, 0.4) is 0 Å². The Labute approximate surface area is 166 Å². The van der Waals surface area contributed by atoms with Gasteiger partial charge in [0.2, 0.25) is 0 Å². The SMILES string of the molecule is CCOC(=O)c1cc(C(=O)c2cc(Cl)ccc2O)cnc1Nc1ccccc1. The first-order chi connectivity index (χ1) is 13.5. The highest BCUT2D eigenvalue weighted by atomic mass is 35.5. The highest BCUT2D eigenvalue weighted by molar-refractivity contribution is 6.31. The van der Waals surface area contributed by atoms with E-state index in [1.54, 1.807) is 6.92 Å². The molecule has 1 aromatic heterocycles. The molecule has 0 fully saturated rings. The number of phenolic OH excluding ortho intramolecular Hbond substituents is 1. The van der Waals surface area contributed by atoms with E-state index in [0.29, 0.717) is 5.02 Å². The number of ketones is 1. The summed E-state index contributed by atoms with van der Waals surface area (Å²) < 4.78 is 5.09. The number of aromatic hydroxyl groups is 1. The minimum Gasteiger partial charge on any atom is -0.507 e. The maximum absolute atomic E-state index is 12.8. The molecule has 0 amide bonds. The molecule has 0 aliphatic heterocycles. The van der Waals surface area contributed by atoms with Gasteiger partial charge in [0.1, 0.15) is 17.1 Å². The van der Waals surface area contributed by atoms with Gasteiger partial charge in [0.25, 0.3) is 0 Å². The van der Waals surface area contributed by atoms with Crippen LogP contribution in [0.2, 0.25) is 5.02 Å². The van der Waals surface area contributed by atoms with Crippen molar-refractivity contribution >= 4 is 34.9 Å². The number of carbonyl (C=O) groups is 2. The molecule has 0 aliphatic carbocycles. The Morgan fingerprint density at radius 1 is 1.11 bits per heavy atom. The quantitative estimate of drug-likeness (QED) is 0.468. The molecule has 0 saturated carbocycles. The van der Waals surface area contributed by atoms with Gasteiger partial charge in [-0.1, -0.05) is 29.8 Å². The number of anilines is 2. The molecule has 7 heteroatoms. The highest BCUT2D eigenvalue weighted by Crippen LogP contribution is 2.26. The first-order valence-electron chi connectivity index (χ1n) is 8.52. The number of carbonyl (C=O) groups excluding carboxylic acids is 2. The van der Waals surface area contributed by atoms with Crippen LogP contribution in [-0.4, -0.2) is 28.4 Å². The second-order valence-corrected chi connectivity index (χ2v) is 6.26. The molecule has 6 nitrogen and oxygen atoms in total. The van der Waals surface area contributed by atoms with E-state index in [4.69, 9.17) is 16.3 Å². The molecular formula is C21H17ClN2O4. The lowest BCUT2D eigenvalue weighted by Crippen LogP contribution is -2.12. The van der Waals surface area contributed by atoms with Gasteiger partial charge in [-0.3, -0.25) is 4.79 Å². The number of nitrogens with zero attached hydrogens (tertiary/aromatic N) is 1. The Kier molecular flexibility index (Phi) is 5.91. The molecule has 3 aromatic rings. The Balaban J connectivity index is 2.01. The number of nitrogens with one attached hydrogen (secondary N) is 1. The zero-order valence-corrected chi connectivity index (χ0v) is 15.7. The lowest BCUT2D eigenvalue weighted by atomic mass is 10.0. The summed E-state index contributed by atoms with van der Waals surface area (Å²) in [5, 5.41) is 13.3. The second-order valence-electron chi connectivity index (χ2n) is 5.82. The van der Waals surface area contributed by atoms with E-state index in [0.717, 1.165) is 5.69 Å². The number of esters is 1. The zero-order valence-electron chi connectivity index (χ0n) is 15.0. The minimum absolute atomic E-state index is 0.0212. The van der Waals surface area contributed by atoms with E-state index in [2.05, 4.69) is 10.3 Å². The number of benzene rings is 2. The lowest BCUT2D eigenvalue weighted by Gasteiger charge is -2.12. The number of hydrogen-bond acceptors (Lipinski definition) is 6. The summed E-state index contributed by atoms with van der Waals surface area (Å²) in [6, 6.07) is 14.7. The third-order valence-corrected chi connectivity index (χ3v) is 4.12. The van der Waals surface area contributed by atoms with Crippen LogP contribution in [0, 0.1) is 0 Å². The first-order valence-corrected chi connectivity index (χ1v) is 8.90. The van der Waals surface area contributed by atoms with Gasteiger partial charge >= 0.3 is 5.97 Å². The normalized spacial score (nSPS) is 10.4. The van der Waals surface area contributed by atoms with Crippen LogP contribution in [0.4, 0.5) is 11.5 Å². The Morgan fingerprint density at radius 2 is 1.86 bits per heavy atom. The maximum Gasteiger partial charge on any atom is 0.341 e. The number of para-hydroxylation sites is 1. The van der Waals surface area contributed by atoms with Gasteiger partial charge in [-0.25, -0.2) is 9.78 Å². The molecule has 0 spiro atoms. The third kappa shape index (κ3) is 4.29. The molecule has 2 aromatic carbocycles. The van der Waals surface area contributed by atoms with Gasteiger partial charge in [-0.05, 0) is 43.3 Å². The van der Waals surface area contributed by atoms with Gasteiger partial charge in [-0.2, -0.15) is 0 Å². The second kappa shape index (κ2) is 8.54. The monoisotopic (exact) mass is 396 g/mol. The van der Waals surface area contributed by atoms with Crippen LogP contribution in [0.5, 0.6) is 5.75 Å². The molecule has 0 saturated heterocycles. The van der Waals surface area contributed by atoms with Crippen LogP contribution >= 0.6 is 11.6 Å². The fourth-order valence-electron chi connectivity index (χ4n) is 2.56. The molecule has 0 unspecified atom stereocenters. The Bertz CT molecular complexity index is 1020. The van der Waals surface area contributed by atoms with E-state index in [-0.39, 0.29) is 34.9 Å². The number of halogens is 1. The van der Waals surface area contributed by atoms with Gasteiger partial charge < -0.3 is 15.2 Å². The van der Waals surface area contributed by atoms with Gasteiger partial charge in [0.05, 0.1) is 12.2 Å². The maximum atomic E-state index is 12.8. The summed E-state index contributed by atoms with van der Waals surface area (Å²) in [5.41, 5.74) is 0.984. The van der Waals surface area contributed by atoms with E-state index in [1.807, 2.05) is 30.3 Å². The fraction of sp³-hybridized carbons (Fsp3) is 0.0952. The number of pyridine rings is 1. The highest BCUT2D eigenvalue weighted by Gasteiger charge is 2.20. The van der Waals surface area contributed by atoms with Crippen molar-refractivity contribution in [2.75, 3.05) is 11.9 Å². The van der Waals surface area contributed by atoms with Gasteiger partial charge in [-0.15, -0.1) is 0 Å². The number of ether oxygens (including phenoxy) is 1. The summed E-state index contributed by atoms with van der Waals surface area (Å²) in [6.45, 7) is 1.87.